The predicted octanol–water partition coefficient (Wildman–Crippen LogP) is 9.84. The molecule has 0 saturated carbocycles. The number of hydrogen-bond donors (Lipinski definition) is 0. The van der Waals surface area contributed by atoms with Gasteiger partial charge >= 0.3 is 29.1 Å². The maximum atomic E-state index is 12.2. The standard InChI is InChI=1S/2C14H8F3NOS.Co/c2*15-14(16,17)11(19)7-12-18-13-9-4-2-1-3-8(9)5-6-10(13)20-12;/h2*1-7H,(H,18,19);/q;;+2/p-2. The van der Waals surface area contributed by atoms with Crippen molar-refractivity contribution in [3.8, 4) is 0 Å². The Balaban J connectivity index is 0.000000184. The van der Waals surface area contributed by atoms with Crippen LogP contribution in [0.25, 0.3) is 32.2 Å². The molecule has 0 aromatic heterocycles. The Labute approximate surface area is 247 Å². The van der Waals surface area contributed by atoms with Crippen molar-refractivity contribution in [2.45, 2.75) is 22.1 Å². The summed E-state index contributed by atoms with van der Waals surface area (Å²) in [5.74, 6) is -3.78. The van der Waals surface area contributed by atoms with Crippen LogP contribution in [0.2, 0.25) is 0 Å². The van der Waals surface area contributed by atoms with E-state index in [2.05, 4.69) is 10.6 Å². The minimum Gasteiger partial charge on any atom is -0.651 e. The van der Waals surface area contributed by atoms with E-state index in [1.165, 1.54) is 0 Å². The molecule has 0 aliphatic carbocycles. The summed E-state index contributed by atoms with van der Waals surface area (Å²) in [5.41, 5.74) is 1.24. The number of hydrogen-bond acceptors (Lipinski definition) is 4. The zero-order valence-electron chi connectivity index (χ0n) is 20.2. The van der Waals surface area contributed by atoms with Crippen molar-refractivity contribution in [1.29, 1.82) is 0 Å². The summed E-state index contributed by atoms with van der Waals surface area (Å²) in [4.78, 5) is 23.4. The number of nitrogens with zero attached hydrogens (tertiary/aromatic N) is 2. The molecule has 0 amide bonds. The topological polar surface area (TPSA) is 62.3 Å². The molecule has 0 saturated heterocycles. The van der Waals surface area contributed by atoms with E-state index in [4.69, 9.17) is 0 Å². The van der Waals surface area contributed by atoms with Crippen molar-refractivity contribution in [2.24, 2.45) is 0 Å². The average molecular weight is 647 g/mol. The van der Waals surface area contributed by atoms with Crippen molar-refractivity contribution < 1.29 is 52.7 Å². The first-order valence-corrected chi connectivity index (χ1v) is 13.0. The molecule has 0 fully saturated rings. The van der Waals surface area contributed by atoms with Crippen LogP contribution in [0.3, 0.4) is 0 Å². The number of benzene rings is 4. The Morgan fingerprint density at radius 2 is 0.951 bits per heavy atom. The van der Waals surface area contributed by atoms with Crippen LogP contribution < -0.4 is 0 Å². The first-order valence-electron chi connectivity index (χ1n) is 11.4. The molecule has 4 aromatic rings. The first-order chi connectivity index (χ1) is 18.9. The monoisotopic (exact) mass is 647 g/mol. The molecule has 4 aromatic carbocycles. The third-order valence-corrected chi connectivity index (χ3v) is 7.60. The van der Waals surface area contributed by atoms with Gasteiger partial charge in [0.15, 0.2) is 0 Å². The number of carbonyl (C=O) groups excluding carboxylic acids is 2. The van der Waals surface area contributed by atoms with E-state index in [1.807, 2.05) is 60.7 Å². The van der Waals surface area contributed by atoms with Crippen LogP contribution in [0.5, 0.6) is 0 Å². The minimum absolute atomic E-state index is 0. The summed E-state index contributed by atoms with van der Waals surface area (Å²) < 4.78 is 73.4. The second kappa shape index (κ2) is 11.8. The maximum Gasteiger partial charge on any atom is 2.00 e. The summed E-state index contributed by atoms with van der Waals surface area (Å²) >= 11 is 2.14. The fourth-order valence-electron chi connectivity index (χ4n) is 3.87. The number of allylic oxidation sites excluding steroid dienone is 2. The van der Waals surface area contributed by atoms with Crippen LogP contribution in [0.15, 0.2) is 105 Å². The number of fused-ring (bicyclic) bond motifs is 6. The van der Waals surface area contributed by atoms with Gasteiger partial charge in [-0.05, 0) is 55.6 Å². The second-order valence-corrected chi connectivity index (χ2v) is 10.5. The summed E-state index contributed by atoms with van der Waals surface area (Å²) in [6.45, 7) is 0. The van der Waals surface area contributed by atoms with Gasteiger partial charge in [-0.3, -0.25) is 9.59 Å². The molecule has 0 atom stereocenters. The van der Waals surface area contributed by atoms with Gasteiger partial charge in [0.25, 0.3) is 11.6 Å². The molecule has 0 bridgehead atoms. The molecule has 211 valence electrons. The molecule has 4 nitrogen and oxygen atoms in total. The number of rotatable bonds is 2. The molecular formula is C28H14CoF6N2O2S2. The normalized spacial score (nSPS) is 15.9. The Morgan fingerprint density at radius 3 is 1.32 bits per heavy atom. The maximum absolute atomic E-state index is 12.2. The van der Waals surface area contributed by atoms with Crippen molar-refractivity contribution in [3.63, 3.8) is 0 Å². The second-order valence-electron chi connectivity index (χ2n) is 8.38. The van der Waals surface area contributed by atoms with Gasteiger partial charge in [0.05, 0.1) is 0 Å². The number of thioether (sulfide) groups is 2. The van der Waals surface area contributed by atoms with Crippen LogP contribution in [-0.2, 0) is 26.4 Å². The molecule has 2 aliphatic heterocycles. The summed E-state index contributed by atoms with van der Waals surface area (Å²) in [5, 5.41) is 12.0. The Bertz CT molecular complexity index is 1610. The van der Waals surface area contributed by atoms with Crippen molar-refractivity contribution in [2.75, 3.05) is 0 Å². The minimum atomic E-state index is -4.86. The van der Waals surface area contributed by atoms with E-state index in [0.717, 1.165) is 54.9 Å². The number of carbonyl (C=O) groups is 2. The molecule has 2 heterocycles. The molecule has 1 radical (unpaired) electrons. The SMILES string of the molecule is O=C(/C=C1\[N-]c2c(ccc3ccccc23)S1)C(F)(F)F.O=C(/C=C1\[N-]c2c(ccc3ccccc23)S1)C(F)(F)F.[Co+2]. The van der Waals surface area contributed by atoms with E-state index < -0.39 is 23.9 Å². The van der Waals surface area contributed by atoms with Crippen LogP contribution in [0.4, 0.5) is 37.7 Å². The Hall–Kier alpha value is -3.39. The molecular weight excluding hydrogens is 633 g/mol. The number of alkyl halides is 6. The van der Waals surface area contributed by atoms with Crippen LogP contribution in [0, 0.1) is 0 Å². The summed E-state index contributed by atoms with van der Waals surface area (Å²) in [6, 6.07) is 22.3. The third-order valence-electron chi connectivity index (χ3n) is 5.67. The number of ketones is 2. The molecule has 6 rings (SSSR count). The van der Waals surface area contributed by atoms with Gasteiger partial charge in [-0.1, -0.05) is 70.7 Å². The van der Waals surface area contributed by atoms with Gasteiger partial charge in [0, 0.05) is 0 Å². The molecule has 0 N–H and O–H groups in total. The first kappa shape index (κ1) is 30.6. The molecule has 41 heavy (non-hydrogen) atoms. The zero-order chi connectivity index (χ0) is 28.7. The van der Waals surface area contributed by atoms with Crippen LogP contribution in [0.1, 0.15) is 0 Å². The molecule has 0 unspecified atom stereocenters. The van der Waals surface area contributed by atoms with Crippen molar-refractivity contribution >= 4 is 68.0 Å². The van der Waals surface area contributed by atoms with E-state index in [1.54, 1.807) is 12.1 Å². The fourth-order valence-corrected chi connectivity index (χ4v) is 5.70. The largest absolute Gasteiger partial charge is 2.00 e. The quantitative estimate of drug-likeness (QED) is 0.161. The fraction of sp³-hybridized carbons (Fsp3) is 0.0714. The summed E-state index contributed by atoms with van der Waals surface area (Å²) in [6.07, 6.45) is -8.64. The smallest absolute Gasteiger partial charge is 0.651 e. The van der Waals surface area contributed by atoms with E-state index in [9.17, 15) is 35.9 Å². The molecule has 13 heteroatoms. The molecule has 0 spiro atoms. The Morgan fingerprint density at radius 1 is 0.585 bits per heavy atom. The third kappa shape index (κ3) is 6.75. The Kier molecular flexibility index (Phi) is 8.83. The average Bonchev–Trinajstić information content (AvgIpc) is 3.51. The van der Waals surface area contributed by atoms with E-state index in [0.29, 0.717) is 23.5 Å². The van der Waals surface area contributed by atoms with Crippen molar-refractivity contribution in [1.82, 2.24) is 0 Å². The van der Waals surface area contributed by atoms with Gasteiger partial charge in [-0.2, -0.15) is 26.3 Å². The van der Waals surface area contributed by atoms with Crippen LogP contribution in [-0.4, -0.2) is 23.9 Å². The van der Waals surface area contributed by atoms with Gasteiger partial charge in [-0.15, -0.1) is 34.9 Å². The number of halogens is 6. The molecule has 2 aliphatic rings. The zero-order valence-corrected chi connectivity index (χ0v) is 22.9. The van der Waals surface area contributed by atoms with Gasteiger partial charge < -0.3 is 10.6 Å². The van der Waals surface area contributed by atoms with Crippen molar-refractivity contribution in [3.05, 3.63) is 106 Å². The predicted molar refractivity (Wildman–Crippen MR) is 144 cm³/mol. The van der Waals surface area contributed by atoms with Gasteiger partial charge in [0.1, 0.15) is 0 Å². The van der Waals surface area contributed by atoms with Gasteiger partial charge in [-0.25, -0.2) is 0 Å². The van der Waals surface area contributed by atoms with E-state index >= 15 is 0 Å². The van der Waals surface area contributed by atoms with E-state index in [-0.39, 0.29) is 26.8 Å². The summed E-state index contributed by atoms with van der Waals surface area (Å²) in [7, 11) is 0. The van der Waals surface area contributed by atoms with Gasteiger partial charge in [0.2, 0.25) is 0 Å². The van der Waals surface area contributed by atoms with Crippen LogP contribution >= 0.6 is 23.5 Å².